The second-order valence-corrected chi connectivity index (χ2v) is 3.87. The Bertz CT molecular complexity index is 403. The van der Waals surface area contributed by atoms with Crippen LogP contribution in [0.2, 0.25) is 0 Å². The van der Waals surface area contributed by atoms with Gasteiger partial charge in [0.05, 0.1) is 20.0 Å². The van der Waals surface area contributed by atoms with Gasteiger partial charge in [0.15, 0.2) is 0 Å². The molecule has 0 fully saturated rings. The average Bonchev–Trinajstić information content (AvgIpc) is 2.24. The lowest BCUT2D eigenvalue weighted by atomic mass is 10.1. The van der Waals surface area contributed by atoms with Crippen LogP contribution in [0.1, 0.15) is 24.0 Å². The van der Waals surface area contributed by atoms with Crippen molar-refractivity contribution in [2.24, 2.45) is 0 Å². The first kappa shape index (κ1) is 13.2. The minimum atomic E-state index is -0.430. The van der Waals surface area contributed by atoms with Gasteiger partial charge in [0.1, 0.15) is 5.75 Å². The van der Waals surface area contributed by atoms with E-state index in [4.69, 9.17) is 4.74 Å². The summed E-state index contributed by atoms with van der Waals surface area (Å²) in [5, 5.41) is 0. The van der Waals surface area contributed by atoms with Crippen LogP contribution in [-0.4, -0.2) is 19.0 Å². The molecule has 0 atom stereocenters. The van der Waals surface area contributed by atoms with Gasteiger partial charge in [0.2, 0.25) is 0 Å². The van der Waals surface area contributed by atoms with Gasteiger partial charge in [0, 0.05) is 0 Å². The highest BCUT2D eigenvalue weighted by atomic mass is 16.5. The van der Waals surface area contributed by atoms with E-state index in [0.717, 1.165) is 11.1 Å². The molecule has 0 N–H and O–H groups in total. The molecule has 1 aromatic carbocycles. The number of carbonyl (C=O) groups excluding carboxylic acids is 2. The third-order valence-corrected chi connectivity index (χ3v) is 2.19. The van der Waals surface area contributed by atoms with Gasteiger partial charge >= 0.3 is 11.9 Å². The smallest absolute Gasteiger partial charge is 0.311 e. The van der Waals surface area contributed by atoms with E-state index in [2.05, 4.69) is 4.74 Å². The molecule has 0 radical (unpaired) electrons. The number of benzene rings is 1. The highest BCUT2D eigenvalue weighted by Gasteiger charge is 2.09. The molecule has 0 bridgehead atoms. The number of carbonyl (C=O) groups is 2. The zero-order valence-corrected chi connectivity index (χ0v) is 10.3. The Kier molecular flexibility index (Phi) is 4.69. The molecule has 0 aliphatic rings. The second kappa shape index (κ2) is 6.03. The molecule has 0 aliphatic heterocycles. The van der Waals surface area contributed by atoms with Crippen molar-refractivity contribution in [1.29, 1.82) is 0 Å². The summed E-state index contributed by atoms with van der Waals surface area (Å²) in [5.41, 5.74) is 2.06. The van der Waals surface area contributed by atoms with Crippen LogP contribution in [0.4, 0.5) is 0 Å². The summed E-state index contributed by atoms with van der Waals surface area (Å²) in [7, 11) is 1.29. The summed E-state index contributed by atoms with van der Waals surface area (Å²) < 4.78 is 9.57. The number of hydrogen-bond donors (Lipinski definition) is 0. The zero-order chi connectivity index (χ0) is 12.8. The maximum atomic E-state index is 11.4. The summed E-state index contributed by atoms with van der Waals surface area (Å²) >= 11 is 0. The van der Waals surface area contributed by atoms with Gasteiger partial charge in [-0.05, 0) is 37.1 Å². The number of esters is 2. The van der Waals surface area contributed by atoms with Crippen molar-refractivity contribution in [3.05, 3.63) is 29.3 Å². The van der Waals surface area contributed by atoms with E-state index in [-0.39, 0.29) is 12.8 Å². The Morgan fingerprint density at radius 1 is 1.00 bits per heavy atom. The lowest BCUT2D eigenvalue weighted by molar-refractivity contribution is -0.144. The summed E-state index contributed by atoms with van der Waals surface area (Å²) in [6.07, 6.45) is 0.0692. The normalized spacial score (nSPS) is 9.82. The first-order valence-corrected chi connectivity index (χ1v) is 5.37. The number of rotatable bonds is 4. The Balaban J connectivity index is 2.53. The summed E-state index contributed by atoms with van der Waals surface area (Å²) in [5.74, 6) is -0.333. The lowest BCUT2D eigenvalue weighted by Gasteiger charge is -2.06. The molecular formula is C13H16O4. The van der Waals surface area contributed by atoms with Crippen LogP contribution < -0.4 is 4.74 Å². The molecule has 0 aromatic heterocycles. The molecule has 0 spiro atoms. The second-order valence-electron chi connectivity index (χ2n) is 3.87. The van der Waals surface area contributed by atoms with E-state index < -0.39 is 11.9 Å². The molecule has 0 amide bonds. The maximum Gasteiger partial charge on any atom is 0.311 e. The van der Waals surface area contributed by atoms with E-state index >= 15 is 0 Å². The van der Waals surface area contributed by atoms with Crippen LogP contribution in [0.25, 0.3) is 0 Å². The molecule has 0 saturated carbocycles. The molecule has 1 rings (SSSR count). The monoisotopic (exact) mass is 236 g/mol. The van der Waals surface area contributed by atoms with Gasteiger partial charge < -0.3 is 9.47 Å². The molecule has 1 aromatic rings. The largest absolute Gasteiger partial charge is 0.469 e. The lowest BCUT2D eigenvalue weighted by Crippen LogP contribution is -2.11. The molecule has 17 heavy (non-hydrogen) atoms. The highest BCUT2D eigenvalue weighted by Crippen LogP contribution is 2.16. The van der Waals surface area contributed by atoms with Crippen LogP contribution in [0.3, 0.4) is 0 Å². The predicted molar refractivity (Wildman–Crippen MR) is 62.8 cm³/mol. The molecule has 4 heteroatoms. The van der Waals surface area contributed by atoms with Crippen molar-refractivity contribution >= 4 is 11.9 Å². The highest BCUT2D eigenvalue weighted by molar-refractivity contribution is 5.78. The molecule has 0 unspecified atom stereocenters. The van der Waals surface area contributed by atoms with E-state index in [9.17, 15) is 9.59 Å². The molecule has 0 aliphatic carbocycles. The van der Waals surface area contributed by atoms with Crippen LogP contribution in [0.5, 0.6) is 5.75 Å². The first-order valence-electron chi connectivity index (χ1n) is 5.37. The topological polar surface area (TPSA) is 52.6 Å². The third kappa shape index (κ3) is 4.68. The van der Waals surface area contributed by atoms with Gasteiger partial charge in [-0.3, -0.25) is 9.59 Å². The fourth-order valence-electron chi connectivity index (χ4n) is 1.48. The minimum Gasteiger partial charge on any atom is -0.469 e. The number of methoxy groups -OCH3 is 1. The van der Waals surface area contributed by atoms with Crippen LogP contribution in [0, 0.1) is 13.8 Å². The molecule has 0 saturated heterocycles. The van der Waals surface area contributed by atoms with Crippen molar-refractivity contribution in [3.63, 3.8) is 0 Å². The standard InChI is InChI=1S/C13H16O4/c1-9-6-10(2)8-11(7-9)17-13(15)5-4-12(14)16-3/h6-8H,4-5H2,1-3H3. The van der Waals surface area contributed by atoms with Crippen molar-refractivity contribution in [1.82, 2.24) is 0 Å². The van der Waals surface area contributed by atoms with Crippen molar-refractivity contribution in [2.45, 2.75) is 26.7 Å². The third-order valence-electron chi connectivity index (χ3n) is 2.19. The Morgan fingerprint density at radius 3 is 2.06 bits per heavy atom. The summed E-state index contributed by atoms with van der Waals surface area (Å²) in [6, 6.07) is 5.55. The SMILES string of the molecule is COC(=O)CCC(=O)Oc1cc(C)cc(C)c1. The van der Waals surface area contributed by atoms with E-state index in [1.54, 1.807) is 12.1 Å². The predicted octanol–water partition coefficient (Wildman–Crippen LogP) is 2.16. The Hall–Kier alpha value is -1.84. The molecular weight excluding hydrogens is 220 g/mol. The van der Waals surface area contributed by atoms with E-state index in [1.807, 2.05) is 19.9 Å². The number of ether oxygens (including phenoxy) is 2. The Labute approximate surface area is 101 Å². The fourth-order valence-corrected chi connectivity index (χ4v) is 1.48. The average molecular weight is 236 g/mol. The number of aryl methyl sites for hydroxylation is 2. The minimum absolute atomic E-state index is 0.0274. The quantitative estimate of drug-likeness (QED) is 0.593. The van der Waals surface area contributed by atoms with Gasteiger partial charge in [-0.1, -0.05) is 6.07 Å². The molecule has 4 nitrogen and oxygen atoms in total. The fraction of sp³-hybridized carbons (Fsp3) is 0.385. The van der Waals surface area contributed by atoms with Crippen molar-refractivity contribution in [3.8, 4) is 5.75 Å². The van der Waals surface area contributed by atoms with Gasteiger partial charge in [-0.25, -0.2) is 0 Å². The Morgan fingerprint density at radius 2 is 1.53 bits per heavy atom. The molecule has 92 valence electrons. The number of hydrogen-bond acceptors (Lipinski definition) is 4. The van der Waals surface area contributed by atoms with Gasteiger partial charge in [-0.2, -0.15) is 0 Å². The van der Waals surface area contributed by atoms with Crippen molar-refractivity contribution < 1.29 is 19.1 Å². The van der Waals surface area contributed by atoms with E-state index in [0.29, 0.717) is 5.75 Å². The first-order chi connectivity index (χ1) is 8.01. The zero-order valence-electron chi connectivity index (χ0n) is 10.3. The molecule has 0 heterocycles. The van der Waals surface area contributed by atoms with Crippen LogP contribution in [0.15, 0.2) is 18.2 Å². The maximum absolute atomic E-state index is 11.4. The van der Waals surface area contributed by atoms with Crippen LogP contribution >= 0.6 is 0 Å². The van der Waals surface area contributed by atoms with Gasteiger partial charge in [-0.15, -0.1) is 0 Å². The summed E-state index contributed by atoms with van der Waals surface area (Å²) in [6.45, 7) is 3.86. The van der Waals surface area contributed by atoms with Crippen molar-refractivity contribution in [2.75, 3.05) is 7.11 Å². The van der Waals surface area contributed by atoms with Crippen LogP contribution in [-0.2, 0) is 14.3 Å². The summed E-state index contributed by atoms with van der Waals surface area (Å²) in [4.78, 5) is 22.3. The van der Waals surface area contributed by atoms with Gasteiger partial charge in [0.25, 0.3) is 0 Å². The van der Waals surface area contributed by atoms with E-state index in [1.165, 1.54) is 7.11 Å².